The number of aromatic amines is 1. The quantitative estimate of drug-likeness (QED) is 0.624. The normalized spacial score (nSPS) is 11.1. The molecule has 0 saturated carbocycles. The SMILES string of the molecule is Cn1nnnc1Sc1ncnc2nc[nH]c12. The van der Waals surface area contributed by atoms with Gasteiger partial charge in [0.15, 0.2) is 5.65 Å². The van der Waals surface area contributed by atoms with E-state index in [0.717, 1.165) is 10.5 Å². The second kappa shape index (κ2) is 3.52. The first-order chi connectivity index (χ1) is 7.84. The average molecular weight is 234 g/mol. The van der Waals surface area contributed by atoms with E-state index in [1.54, 1.807) is 18.1 Å². The van der Waals surface area contributed by atoms with Gasteiger partial charge in [0.25, 0.3) is 0 Å². The maximum absolute atomic E-state index is 4.17. The van der Waals surface area contributed by atoms with E-state index in [2.05, 4.69) is 35.5 Å². The van der Waals surface area contributed by atoms with E-state index < -0.39 is 0 Å². The number of rotatable bonds is 2. The molecule has 3 aromatic heterocycles. The zero-order valence-corrected chi connectivity index (χ0v) is 9.01. The zero-order valence-electron chi connectivity index (χ0n) is 8.19. The van der Waals surface area contributed by atoms with Crippen molar-refractivity contribution in [2.75, 3.05) is 0 Å². The number of fused-ring (bicyclic) bond motifs is 1. The lowest BCUT2D eigenvalue weighted by Gasteiger charge is -1.98. The average Bonchev–Trinajstić information content (AvgIpc) is 2.89. The molecule has 8 nitrogen and oxygen atoms in total. The van der Waals surface area contributed by atoms with Crippen LogP contribution in [0.1, 0.15) is 0 Å². The number of nitrogens with zero attached hydrogens (tertiary/aromatic N) is 7. The molecule has 0 aliphatic carbocycles. The molecule has 3 rings (SSSR count). The van der Waals surface area contributed by atoms with Crippen molar-refractivity contribution in [1.82, 2.24) is 40.1 Å². The number of hydrogen-bond donors (Lipinski definition) is 1. The van der Waals surface area contributed by atoms with E-state index in [0.29, 0.717) is 10.8 Å². The number of H-pyrrole nitrogens is 1. The maximum Gasteiger partial charge on any atom is 0.215 e. The van der Waals surface area contributed by atoms with Gasteiger partial charge in [-0.25, -0.2) is 19.6 Å². The van der Waals surface area contributed by atoms with Gasteiger partial charge in [-0.05, 0) is 22.2 Å². The van der Waals surface area contributed by atoms with E-state index in [9.17, 15) is 0 Å². The fourth-order valence-electron chi connectivity index (χ4n) is 1.21. The summed E-state index contributed by atoms with van der Waals surface area (Å²) in [7, 11) is 1.77. The predicted molar refractivity (Wildman–Crippen MR) is 54.6 cm³/mol. The number of imidazole rings is 1. The van der Waals surface area contributed by atoms with Crippen LogP contribution >= 0.6 is 11.8 Å². The van der Waals surface area contributed by atoms with Crippen molar-refractivity contribution in [3.8, 4) is 0 Å². The standard InChI is InChI=1S/C7H6N8S/c1-15-7(12-13-14-15)16-6-4-5(9-2-8-4)10-3-11-6/h2-3H,1H3,(H,8,9,10,11). The summed E-state index contributed by atoms with van der Waals surface area (Å²) in [6.45, 7) is 0. The van der Waals surface area contributed by atoms with Gasteiger partial charge in [-0.15, -0.1) is 5.10 Å². The smallest absolute Gasteiger partial charge is 0.215 e. The van der Waals surface area contributed by atoms with Crippen LogP contribution in [0.15, 0.2) is 22.8 Å². The Morgan fingerprint density at radius 2 is 2.25 bits per heavy atom. The van der Waals surface area contributed by atoms with E-state index in [1.165, 1.54) is 18.1 Å². The molecule has 0 unspecified atom stereocenters. The number of aromatic nitrogens is 8. The molecular formula is C7H6N8S. The number of nitrogens with one attached hydrogen (secondary N) is 1. The van der Waals surface area contributed by atoms with Crippen molar-refractivity contribution in [2.24, 2.45) is 7.05 Å². The molecule has 0 amide bonds. The molecule has 3 heterocycles. The molecule has 80 valence electrons. The Kier molecular flexibility index (Phi) is 2.03. The molecule has 0 atom stereocenters. The molecule has 0 spiro atoms. The van der Waals surface area contributed by atoms with Gasteiger partial charge in [0.05, 0.1) is 6.33 Å². The lowest BCUT2D eigenvalue weighted by atomic mass is 10.6. The Morgan fingerprint density at radius 1 is 1.31 bits per heavy atom. The van der Waals surface area contributed by atoms with Crippen molar-refractivity contribution in [3.63, 3.8) is 0 Å². The van der Waals surface area contributed by atoms with E-state index in [-0.39, 0.29) is 0 Å². The largest absolute Gasteiger partial charge is 0.341 e. The Bertz CT molecular complexity index is 628. The molecule has 0 saturated heterocycles. The Morgan fingerprint density at radius 3 is 3.06 bits per heavy atom. The van der Waals surface area contributed by atoms with Gasteiger partial charge in [0.2, 0.25) is 5.16 Å². The van der Waals surface area contributed by atoms with Crippen molar-refractivity contribution < 1.29 is 0 Å². The summed E-state index contributed by atoms with van der Waals surface area (Å²) in [4.78, 5) is 15.2. The molecule has 0 aromatic carbocycles. The Labute approximate surface area is 93.5 Å². The molecule has 3 aromatic rings. The first-order valence-electron chi connectivity index (χ1n) is 4.39. The van der Waals surface area contributed by atoms with Crippen LogP contribution in [0.4, 0.5) is 0 Å². The van der Waals surface area contributed by atoms with Gasteiger partial charge in [-0.1, -0.05) is 0 Å². The van der Waals surface area contributed by atoms with E-state index in [4.69, 9.17) is 0 Å². The highest BCUT2D eigenvalue weighted by Gasteiger charge is 2.11. The third-order valence-corrected chi connectivity index (χ3v) is 2.99. The van der Waals surface area contributed by atoms with Crippen LogP contribution in [-0.2, 0) is 7.05 Å². The third kappa shape index (κ3) is 1.41. The van der Waals surface area contributed by atoms with Crippen molar-refractivity contribution >= 4 is 22.9 Å². The number of aryl methyl sites for hydroxylation is 1. The van der Waals surface area contributed by atoms with Gasteiger partial charge in [-0.3, -0.25) is 0 Å². The highest BCUT2D eigenvalue weighted by Crippen LogP contribution is 2.26. The van der Waals surface area contributed by atoms with E-state index in [1.807, 2.05) is 0 Å². The van der Waals surface area contributed by atoms with Crippen LogP contribution in [0.25, 0.3) is 11.2 Å². The molecule has 0 fully saturated rings. The Hall–Kier alpha value is -2.03. The maximum atomic E-state index is 4.17. The molecule has 9 heteroatoms. The van der Waals surface area contributed by atoms with Gasteiger partial charge in [-0.2, -0.15) is 0 Å². The first-order valence-corrected chi connectivity index (χ1v) is 5.20. The van der Waals surface area contributed by atoms with Crippen molar-refractivity contribution in [2.45, 2.75) is 10.2 Å². The highest BCUT2D eigenvalue weighted by atomic mass is 32.2. The summed E-state index contributed by atoms with van der Waals surface area (Å²) >= 11 is 1.36. The molecule has 1 N–H and O–H groups in total. The van der Waals surface area contributed by atoms with Crippen molar-refractivity contribution in [3.05, 3.63) is 12.7 Å². The van der Waals surface area contributed by atoms with Gasteiger partial charge in [0, 0.05) is 7.05 Å². The number of hydrogen-bond acceptors (Lipinski definition) is 7. The summed E-state index contributed by atoms with van der Waals surface area (Å²) in [6, 6.07) is 0. The van der Waals surface area contributed by atoms with Gasteiger partial charge < -0.3 is 4.98 Å². The molecular weight excluding hydrogens is 228 g/mol. The molecule has 0 bridgehead atoms. The van der Waals surface area contributed by atoms with Crippen LogP contribution in [0.2, 0.25) is 0 Å². The molecule has 0 radical (unpaired) electrons. The monoisotopic (exact) mass is 234 g/mol. The summed E-state index contributed by atoms with van der Waals surface area (Å²) in [5.74, 6) is 0. The van der Waals surface area contributed by atoms with Crippen LogP contribution in [0.5, 0.6) is 0 Å². The summed E-state index contributed by atoms with van der Waals surface area (Å²) in [5.41, 5.74) is 1.42. The van der Waals surface area contributed by atoms with Crippen LogP contribution in [0, 0.1) is 0 Å². The lowest BCUT2D eigenvalue weighted by Crippen LogP contribution is -1.94. The highest BCUT2D eigenvalue weighted by molar-refractivity contribution is 7.99. The second-order valence-electron chi connectivity index (χ2n) is 2.97. The fraction of sp³-hybridized carbons (Fsp3) is 0.143. The summed E-state index contributed by atoms with van der Waals surface area (Å²) < 4.78 is 1.58. The van der Waals surface area contributed by atoms with Gasteiger partial charge >= 0.3 is 0 Å². The summed E-state index contributed by atoms with van der Waals surface area (Å²) in [5, 5.41) is 12.6. The fourth-order valence-corrected chi connectivity index (χ4v) is 1.99. The predicted octanol–water partition coefficient (Wildman–Crippen LogP) is 0.0276. The minimum absolute atomic E-state index is 0.632. The van der Waals surface area contributed by atoms with Crippen LogP contribution in [0.3, 0.4) is 0 Å². The van der Waals surface area contributed by atoms with Crippen LogP contribution in [-0.4, -0.2) is 40.1 Å². The lowest BCUT2D eigenvalue weighted by molar-refractivity contribution is 0.664. The van der Waals surface area contributed by atoms with Gasteiger partial charge in [0.1, 0.15) is 16.9 Å². The molecule has 0 aliphatic heterocycles. The first kappa shape index (κ1) is 9.21. The zero-order chi connectivity index (χ0) is 11.0. The minimum atomic E-state index is 0.632. The van der Waals surface area contributed by atoms with E-state index >= 15 is 0 Å². The topological polar surface area (TPSA) is 98.1 Å². The van der Waals surface area contributed by atoms with Crippen LogP contribution < -0.4 is 0 Å². The third-order valence-electron chi connectivity index (χ3n) is 1.96. The molecule has 16 heavy (non-hydrogen) atoms. The Balaban J connectivity index is 2.07. The number of tetrazole rings is 1. The minimum Gasteiger partial charge on any atom is -0.341 e. The van der Waals surface area contributed by atoms with Crippen molar-refractivity contribution in [1.29, 1.82) is 0 Å². The summed E-state index contributed by atoms with van der Waals surface area (Å²) in [6.07, 6.45) is 3.05. The second-order valence-corrected chi connectivity index (χ2v) is 3.92. The molecule has 0 aliphatic rings.